The van der Waals surface area contributed by atoms with Gasteiger partial charge in [-0.05, 0) is 13.3 Å². The lowest BCUT2D eigenvalue weighted by Gasteiger charge is -2.16. The van der Waals surface area contributed by atoms with E-state index in [0.29, 0.717) is 16.8 Å². The molecule has 0 N–H and O–H groups in total. The molecular formula is C10H15BrN2O. The van der Waals surface area contributed by atoms with Crippen molar-refractivity contribution in [2.45, 2.75) is 24.3 Å². The van der Waals surface area contributed by atoms with E-state index < -0.39 is 0 Å². The van der Waals surface area contributed by atoms with Crippen molar-refractivity contribution in [1.29, 1.82) is 0 Å². The highest BCUT2D eigenvalue weighted by molar-refractivity contribution is 9.09. The molecule has 4 heteroatoms. The Morgan fingerprint density at radius 1 is 1.71 bits per heavy atom. The summed E-state index contributed by atoms with van der Waals surface area (Å²) in [7, 11) is 2.03. The topological polar surface area (TPSA) is 27.1 Å². The highest BCUT2D eigenvalue weighted by Gasteiger charge is 2.33. The van der Waals surface area contributed by atoms with Crippen molar-refractivity contribution in [3.63, 3.8) is 0 Å². The second kappa shape index (κ2) is 4.03. The number of aromatic nitrogens is 2. The van der Waals surface area contributed by atoms with Crippen LogP contribution in [-0.2, 0) is 18.2 Å². The van der Waals surface area contributed by atoms with Crippen LogP contribution in [0, 0.1) is 5.92 Å². The van der Waals surface area contributed by atoms with Crippen LogP contribution >= 0.6 is 15.9 Å². The lowest BCUT2D eigenvalue weighted by Crippen LogP contribution is -2.21. The summed E-state index contributed by atoms with van der Waals surface area (Å²) in [6, 6.07) is 0. The van der Waals surface area contributed by atoms with Crippen molar-refractivity contribution >= 4 is 15.9 Å². The lowest BCUT2D eigenvalue weighted by molar-refractivity contribution is 0.105. The molecule has 1 aliphatic rings. The highest BCUT2D eigenvalue weighted by Crippen LogP contribution is 2.29. The van der Waals surface area contributed by atoms with Crippen LogP contribution in [0.15, 0.2) is 12.5 Å². The first-order chi connectivity index (χ1) is 6.68. The molecule has 3 unspecified atom stereocenters. The van der Waals surface area contributed by atoms with Gasteiger partial charge in [0, 0.05) is 29.7 Å². The van der Waals surface area contributed by atoms with Gasteiger partial charge in [-0.25, -0.2) is 4.98 Å². The van der Waals surface area contributed by atoms with Gasteiger partial charge >= 0.3 is 0 Å². The molecule has 0 saturated carbocycles. The Bertz CT molecular complexity index is 303. The molecule has 0 radical (unpaired) electrons. The minimum atomic E-state index is 0.342. The Kier molecular flexibility index (Phi) is 2.93. The Labute approximate surface area is 92.6 Å². The summed E-state index contributed by atoms with van der Waals surface area (Å²) < 4.78 is 7.66. The van der Waals surface area contributed by atoms with E-state index in [0.717, 1.165) is 13.0 Å². The molecule has 0 spiro atoms. The number of hydrogen-bond acceptors (Lipinski definition) is 2. The lowest BCUT2D eigenvalue weighted by atomic mass is 9.97. The first-order valence-corrected chi connectivity index (χ1v) is 5.81. The molecule has 1 aliphatic heterocycles. The zero-order valence-electron chi connectivity index (χ0n) is 8.48. The number of halogens is 1. The summed E-state index contributed by atoms with van der Waals surface area (Å²) in [6.07, 6.45) is 5.16. The SMILES string of the molecule is CC1OCC(Br)C1Cc1cncn1C. The summed E-state index contributed by atoms with van der Waals surface area (Å²) in [5, 5.41) is 0. The summed E-state index contributed by atoms with van der Waals surface area (Å²) in [4.78, 5) is 4.60. The Morgan fingerprint density at radius 2 is 2.50 bits per heavy atom. The van der Waals surface area contributed by atoms with Gasteiger partial charge in [-0.3, -0.25) is 0 Å². The van der Waals surface area contributed by atoms with E-state index in [2.05, 4.69) is 32.4 Å². The Morgan fingerprint density at radius 3 is 3.00 bits per heavy atom. The third kappa shape index (κ3) is 1.86. The number of alkyl halides is 1. The van der Waals surface area contributed by atoms with E-state index in [1.165, 1.54) is 5.69 Å². The van der Waals surface area contributed by atoms with Crippen LogP contribution < -0.4 is 0 Å². The van der Waals surface area contributed by atoms with Gasteiger partial charge < -0.3 is 9.30 Å². The largest absolute Gasteiger partial charge is 0.377 e. The standard InChI is InChI=1S/C10H15BrN2O/c1-7-9(10(11)5-14-7)3-8-4-12-6-13(8)2/h4,6-7,9-10H,3,5H2,1-2H3. The average molecular weight is 259 g/mol. The molecule has 0 aromatic carbocycles. The molecule has 1 fully saturated rings. The maximum absolute atomic E-state index is 5.59. The van der Waals surface area contributed by atoms with Crippen molar-refractivity contribution in [2.75, 3.05) is 6.61 Å². The molecule has 0 amide bonds. The quantitative estimate of drug-likeness (QED) is 0.757. The summed E-state index contributed by atoms with van der Waals surface area (Å²) >= 11 is 3.66. The molecule has 1 aromatic heterocycles. The first-order valence-electron chi connectivity index (χ1n) is 4.89. The molecule has 0 bridgehead atoms. The van der Waals surface area contributed by atoms with Gasteiger partial charge in [0.2, 0.25) is 0 Å². The van der Waals surface area contributed by atoms with Crippen molar-refractivity contribution in [3.8, 4) is 0 Å². The van der Waals surface area contributed by atoms with E-state index in [1.807, 2.05) is 19.6 Å². The van der Waals surface area contributed by atoms with E-state index in [4.69, 9.17) is 4.74 Å². The monoisotopic (exact) mass is 258 g/mol. The minimum Gasteiger partial charge on any atom is -0.377 e. The van der Waals surface area contributed by atoms with Gasteiger partial charge in [-0.2, -0.15) is 0 Å². The zero-order chi connectivity index (χ0) is 10.1. The fourth-order valence-corrected chi connectivity index (χ4v) is 2.67. The first kappa shape index (κ1) is 10.2. The number of nitrogens with zero attached hydrogens (tertiary/aromatic N) is 2. The number of imidazole rings is 1. The average Bonchev–Trinajstić information content (AvgIpc) is 2.67. The molecule has 78 valence electrons. The van der Waals surface area contributed by atoms with E-state index in [1.54, 1.807) is 0 Å². The molecule has 14 heavy (non-hydrogen) atoms. The van der Waals surface area contributed by atoms with Crippen molar-refractivity contribution in [1.82, 2.24) is 9.55 Å². The Hall–Kier alpha value is -0.350. The van der Waals surface area contributed by atoms with Crippen molar-refractivity contribution in [2.24, 2.45) is 13.0 Å². The molecule has 3 atom stereocenters. The predicted octanol–water partition coefficient (Wildman–Crippen LogP) is 1.76. The van der Waals surface area contributed by atoms with Crippen LogP contribution in [0.25, 0.3) is 0 Å². The van der Waals surface area contributed by atoms with Gasteiger partial charge in [-0.1, -0.05) is 15.9 Å². The van der Waals surface area contributed by atoms with Crippen LogP contribution in [0.3, 0.4) is 0 Å². The van der Waals surface area contributed by atoms with E-state index >= 15 is 0 Å². The fourth-order valence-electron chi connectivity index (χ4n) is 1.90. The van der Waals surface area contributed by atoms with Gasteiger partial charge in [0.25, 0.3) is 0 Å². The van der Waals surface area contributed by atoms with Crippen LogP contribution in [0.4, 0.5) is 0 Å². The van der Waals surface area contributed by atoms with Gasteiger partial charge in [0.15, 0.2) is 0 Å². The Balaban J connectivity index is 2.07. The highest BCUT2D eigenvalue weighted by atomic mass is 79.9. The molecule has 1 aromatic rings. The summed E-state index contributed by atoms with van der Waals surface area (Å²) in [6.45, 7) is 2.96. The molecule has 3 nitrogen and oxygen atoms in total. The molecule has 0 aliphatic carbocycles. The third-order valence-corrected chi connectivity index (χ3v) is 3.89. The van der Waals surface area contributed by atoms with Gasteiger partial charge in [-0.15, -0.1) is 0 Å². The second-order valence-electron chi connectivity index (χ2n) is 3.92. The maximum atomic E-state index is 5.59. The van der Waals surface area contributed by atoms with Crippen LogP contribution in [0.5, 0.6) is 0 Å². The fraction of sp³-hybridized carbons (Fsp3) is 0.700. The molecular weight excluding hydrogens is 244 g/mol. The maximum Gasteiger partial charge on any atom is 0.0945 e. The van der Waals surface area contributed by atoms with Gasteiger partial charge in [0.05, 0.1) is 19.0 Å². The van der Waals surface area contributed by atoms with Crippen LogP contribution in [-0.4, -0.2) is 27.1 Å². The molecule has 1 saturated heterocycles. The smallest absolute Gasteiger partial charge is 0.0945 e. The molecule has 2 heterocycles. The van der Waals surface area contributed by atoms with Crippen molar-refractivity contribution in [3.05, 3.63) is 18.2 Å². The summed E-state index contributed by atoms with van der Waals surface area (Å²) in [5.74, 6) is 0.561. The number of aryl methyl sites for hydroxylation is 1. The third-order valence-electron chi connectivity index (χ3n) is 2.95. The van der Waals surface area contributed by atoms with Crippen LogP contribution in [0.1, 0.15) is 12.6 Å². The number of hydrogen-bond donors (Lipinski definition) is 0. The van der Waals surface area contributed by atoms with Crippen molar-refractivity contribution < 1.29 is 4.74 Å². The predicted molar refractivity (Wildman–Crippen MR) is 58.5 cm³/mol. The van der Waals surface area contributed by atoms with Gasteiger partial charge in [0.1, 0.15) is 0 Å². The summed E-state index contributed by atoms with van der Waals surface area (Å²) in [5.41, 5.74) is 1.27. The van der Waals surface area contributed by atoms with Crippen LogP contribution in [0.2, 0.25) is 0 Å². The number of ether oxygens (including phenoxy) is 1. The second-order valence-corrected chi connectivity index (χ2v) is 5.09. The zero-order valence-corrected chi connectivity index (χ0v) is 10.1. The van der Waals surface area contributed by atoms with E-state index in [9.17, 15) is 0 Å². The van der Waals surface area contributed by atoms with E-state index in [-0.39, 0.29) is 0 Å². The minimum absolute atomic E-state index is 0.342. The molecule has 2 rings (SSSR count). The normalized spacial score (nSPS) is 32.4. The number of rotatable bonds is 2.